The van der Waals surface area contributed by atoms with Crippen molar-refractivity contribution in [1.29, 1.82) is 10.8 Å². The molecular weight excluding hydrogens is 351 g/mol. The highest BCUT2D eigenvalue weighted by molar-refractivity contribution is 9.10. The molecule has 0 atom stereocenters. The van der Waals surface area contributed by atoms with E-state index in [-0.39, 0.29) is 17.4 Å². The zero-order chi connectivity index (χ0) is 16.2. The third-order valence-corrected chi connectivity index (χ3v) is 4.64. The lowest BCUT2D eigenvalue weighted by Crippen LogP contribution is -2.56. The predicted molar refractivity (Wildman–Crippen MR) is 89.0 cm³/mol. The number of benzene rings is 1. The van der Waals surface area contributed by atoms with Gasteiger partial charge in [0.15, 0.2) is 5.75 Å². The molecule has 0 saturated heterocycles. The Labute approximate surface area is 137 Å². The van der Waals surface area contributed by atoms with Crippen molar-refractivity contribution >= 4 is 39.0 Å². The van der Waals surface area contributed by atoms with Gasteiger partial charge in [-0.05, 0) is 48.7 Å². The van der Waals surface area contributed by atoms with E-state index in [2.05, 4.69) is 21.2 Å². The molecule has 1 fully saturated rings. The van der Waals surface area contributed by atoms with Gasteiger partial charge in [-0.1, -0.05) is 0 Å². The van der Waals surface area contributed by atoms with E-state index in [0.29, 0.717) is 21.7 Å². The zero-order valence-corrected chi connectivity index (χ0v) is 14.3. The van der Waals surface area contributed by atoms with Gasteiger partial charge in [0.1, 0.15) is 23.2 Å². The normalized spacial score (nSPS) is 19.5. The summed E-state index contributed by atoms with van der Waals surface area (Å²) in [5.41, 5.74) is -0.101. The second kappa shape index (κ2) is 4.94. The Bertz CT molecular complexity index is 685. The number of halogens is 2. The predicted octanol–water partition coefficient (Wildman–Crippen LogP) is 3.97. The van der Waals surface area contributed by atoms with E-state index in [1.165, 1.54) is 18.1 Å². The number of rotatable bonds is 2. The maximum atomic E-state index is 14.5. The smallest absolute Gasteiger partial charge is 0.159 e. The van der Waals surface area contributed by atoms with Gasteiger partial charge >= 0.3 is 0 Å². The molecule has 0 unspecified atom stereocenters. The molecule has 0 aromatic heterocycles. The molecule has 118 valence electrons. The molecule has 7 heteroatoms. The Morgan fingerprint density at radius 3 is 2.68 bits per heavy atom. The first-order chi connectivity index (χ1) is 10.3. The number of hydrogen-bond acceptors (Lipinski definition) is 4. The van der Waals surface area contributed by atoms with Crippen LogP contribution in [0.15, 0.2) is 10.5 Å². The maximum Gasteiger partial charge on any atom is 0.159 e. The molecule has 1 aliphatic heterocycles. The van der Waals surface area contributed by atoms with Crippen molar-refractivity contribution in [2.24, 2.45) is 5.92 Å². The van der Waals surface area contributed by atoms with Crippen LogP contribution in [-0.4, -0.2) is 24.3 Å². The van der Waals surface area contributed by atoms with Crippen LogP contribution >= 0.6 is 15.9 Å². The summed E-state index contributed by atoms with van der Waals surface area (Å²) < 4.78 is 20.3. The van der Waals surface area contributed by atoms with Crippen molar-refractivity contribution in [2.45, 2.75) is 32.2 Å². The molecule has 0 amide bonds. The van der Waals surface area contributed by atoms with Gasteiger partial charge in [-0.2, -0.15) is 0 Å². The van der Waals surface area contributed by atoms with Crippen molar-refractivity contribution in [3.8, 4) is 5.75 Å². The van der Waals surface area contributed by atoms with Gasteiger partial charge in [0.25, 0.3) is 0 Å². The van der Waals surface area contributed by atoms with Crippen molar-refractivity contribution < 1.29 is 9.13 Å². The van der Waals surface area contributed by atoms with Crippen LogP contribution in [0, 0.1) is 22.6 Å². The first-order valence-electron chi connectivity index (χ1n) is 7.09. The second-order valence-electron chi connectivity index (χ2n) is 6.19. The quantitative estimate of drug-likeness (QED) is 0.546. The summed E-state index contributed by atoms with van der Waals surface area (Å²) in [6.07, 6.45) is 1.87. The lowest BCUT2D eigenvalue weighted by Gasteiger charge is -2.43. The Kier molecular flexibility index (Phi) is 3.43. The average Bonchev–Trinajstić information content (AvgIpc) is 3.26. The third-order valence-electron chi connectivity index (χ3n) is 4.05. The molecular formula is C15H18BrFN4O. The first-order valence-corrected chi connectivity index (χ1v) is 7.89. The molecule has 1 aromatic rings. The number of hydrogen-bond donors (Lipinski definition) is 3. The zero-order valence-electron chi connectivity index (χ0n) is 12.7. The number of amidine groups is 2. The standard InChI is InChI=1S/C15H18BrFN4O/c1-15(2)14(19)21(13(18)7-4-5-7)11-10(20-15)9(17)6-8(16)12(11)22-3/h6-7,18-20H,4-5H2,1-3H3. The largest absolute Gasteiger partial charge is 0.493 e. The Morgan fingerprint density at radius 1 is 1.50 bits per heavy atom. The van der Waals surface area contributed by atoms with Crippen LogP contribution in [0.5, 0.6) is 5.75 Å². The van der Waals surface area contributed by atoms with Gasteiger partial charge in [-0.15, -0.1) is 0 Å². The van der Waals surface area contributed by atoms with Gasteiger partial charge < -0.3 is 10.1 Å². The van der Waals surface area contributed by atoms with Crippen LogP contribution in [0.3, 0.4) is 0 Å². The molecule has 1 aromatic carbocycles. The summed E-state index contributed by atoms with van der Waals surface area (Å²) in [5, 5.41) is 19.9. The van der Waals surface area contributed by atoms with E-state index >= 15 is 0 Å². The minimum absolute atomic E-state index is 0.133. The number of methoxy groups -OCH3 is 1. The van der Waals surface area contributed by atoms with Crippen LogP contribution in [0.2, 0.25) is 0 Å². The van der Waals surface area contributed by atoms with Crippen LogP contribution in [-0.2, 0) is 0 Å². The van der Waals surface area contributed by atoms with Crippen molar-refractivity contribution in [3.05, 3.63) is 16.4 Å². The lowest BCUT2D eigenvalue weighted by molar-refractivity contribution is 0.412. The Balaban J connectivity index is 2.26. The number of fused-ring (bicyclic) bond motifs is 1. The van der Waals surface area contributed by atoms with Gasteiger partial charge in [0.2, 0.25) is 0 Å². The Morgan fingerprint density at radius 2 is 2.14 bits per heavy atom. The number of anilines is 2. The number of nitrogens with one attached hydrogen (secondary N) is 3. The Hall–Kier alpha value is -1.63. The highest BCUT2D eigenvalue weighted by Crippen LogP contribution is 2.49. The van der Waals surface area contributed by atoms with E-state index < -0.39 is 11.4 Å². The molecule has 5 nitrogen and oxygen atoms in total. The van der Waals surface area contributed by atoms with Crippen LogP contribution < -0.4 is 15.0 Å². The van der Waals surface area contributed by atoms with E-state index in [0.717, 1.165) is 12.8 Å². The highest BCUT2D eigenvalue weighted by atomic mass is 79.9. The monoisotopic (exact) mass is 368 g/mol. The highest BCUT2D eigenvalue weighted by Gasteiger charge is 2.44. The first kappa shape index (κ1) is 15.3. The minimum Gasteiger partial charge on any atom is -0.493 e. The topological polar surface area (TPSA) is 72.2 Å². The van der Waals surface area contributed by atoms with Gasteiger partial charge in [-0.3, -0.25) is 15.7 Å². The molecule has 1 heterocycles. The molecule has 0 bridgehead atoms. The summed E-state index contributed by atoms with van der Waals surface area (Å²) in [6.45, 7) is 3.61. The van der Waals surface area contributed by atoms with Gasteiger partial charge in [0.05, 0.1) is 22.8 Å². The summed E-state index contributed by atoms with van der Waals surface area (Å²) in [5.74, 6) is 0.671. The average molecular weight is 369 g/mol. The van der Waals surface area contributed by atoms with Crippen molar-refractivity contribution in [3.63, 3.8) is 0 Å². The van der Waals surface area contributed by atoms with Gasteiger partial charge in [-0.25, -0.2) is 4.39 Å². The summed E-state index contributed by atoms with van der Waals surface area (Å²) in [7, 11) is 1.50. The fourth-order valence-electron chi connectivity index (χ4n) is 2.66. The molecule has 0 radical (unpaired) electrons. The van der Waals surface area contributed by atoms with E-state index in [1.54, 1.807) is 13.8 Å². The van der Waals surface area contributed by atoms with E-state index in [1.807, 2.05) is 0 Å². The fraction of sp³-hybridized carbons (Fsp3) is 0.467. The fourth-order valence-corrected chi connectivity index (χ4v) is 3.21. The summed E-state index contributed by atoms with van der Waals surface area (Å²) >= 11 is 3.30. The van der Waals surface area contributed by atoms with Crippen LogP contribution in [0.1, 0.15) is 26.7 Å². The SMILES string of the molecule is COc1c(Br)cc(F)c2c1N(C(=N)C1CC1)C(=N)C(C)(C)N2. The molecule has 22 heavy (non-hydrogen) atoms. The maximum absolute atomic E-state index is 14.5. The molecule has 1 aliphatic carbocycles. The van der Waals surface area contributed by atoms with Crippen molar-refractivity contribution in [2.75, 3.05) is 17.3 Å². The molecule has 1 saturated carbocycles. The summed E-state index contributed by atoms with van der Waals surface area (Å²) in [4.78, 5) is 1.52. The third kappa shape index (κ3) is 2.18. The van der Waals surface area contributed by atoms with Gasteiger partial charge in [0, 0.05) is 5.92 Å². The summed E-state index contributed by atoms with van der Waals surface area (Å²) in [6, 6.07) is 1.34. The minimum atomic E-state index is -0.770. The number of nitrogens with zero attached hydrogens (tertiary/aromatic N) is 1. The molecule has 0 spiro atoms. The van der Waals surface area contributed by atoms with E-state index in [4.69, 9.17) is 15.6 Å². The van der Waals surface area contributed by atoms with Crippen LogP contribution in [0.4, 0.5) is 15.8 Å². The van der Waals surface area contributed by atoms with Crippen LogP contribution in [0.25, 0.3) is 0 Å². The van der Waals surface area contributed by atoms with Crippen molar-refractivity contribution in [1.82, 2.24) is 0 Å². The molecule has 2 aliphatic rings. The lowest BCUT2D eigenvalue weighted by atomic mass is 9.96. The second-order valence-corrected chi connectivity index (χ2v) is 7.04. The number of ether oxygens (including phenoxy) is 1. The van der Waals surface area contributed by atoms with E-state index in [9.17, 15) is 4.39 Å². The molecule has 3 rings (SSSR count). The molecule has 3 N–H and O–H groups in total.